The topological polar surface area (TPSA) is 88.5 Å². The molecule has 2 aromatic rings. The molecular weight excluding hydrogens is 240 g/mol. The third-order valence-corrected chi connectivity index (χ3v) is 2.86. The molecule has 2 heterocycles. The van der Waals surface area contributed by atoms with Gasteiger partial charge in [-0.25, -0.2) is 4.98 Å². The number of hydrogen-bond donors (Lipinski definition) is 2. The molecule has 0 fully saturated rings. The van der Waals surface area contributed by atoms with Gasteiger partial charge in [-0.15, -0.1) is 0 Å². The molecule has 0 aliphatic rings. The van der Waals surface area contributed by atoms with Crippen LogP contribution in [0.4, 0.5) is 0 Å². The first-order valence-corrected chi connectivity index (χ1v) is 5.99. The maximum atomic E-state index is 11.6. The number of carbonyl (C=O) groups is 1. The average Bonchev–Trinajstić information content (AvgIpc) is 2.95. The maximum Gasteiger partial charge on any atom is 0.254 e. The minimum absolute atomic E-state index is 0.115. The summed E-state index contributed by atoms with van der Waals surface area (Å²) < 4.78 is 1.60. The Morgan fingerprint density at radius 1 is 1.65 bits per heavy atom. The van der Waals surface area contributed by atoms with E-state index in [0.29, 0.717) is 12.1 Å². The van der Waals surface area contributed by atoms with Crippen LogP contribution in [0.1, 0.15) is 10.4 Å². The molecule has 0 saturated carbocycles. The van der Waals surface area contributed by atoms with E-state index in [4.69, 9.17) is 0 Å². The summed E-state index contributed by atoms with van der Waals surface area (Å²) in [6, 6.07) is 0. The highest BCUT2D eigenvalue weighted by Crippen LogP contribution is 2.08. The van der Waals surface area contributed by atoms with Gasteiger partial charge >= 0.3 is 0 Å². The summed E-state index contributed by atoms with van der Waals surface area (Å²) in [4.78, 5) is 15.6. The molecular formula is C9H12N6OS. The Kier molecular flexibility index (Phi) is 3.76. The lowest BCUT2D eigenvalue weighted by Gasteiger charge is -2.01. The van der Waals surface area contributed by atoms with Crippen molar-refractivity contribution < 1.29 is 4.79 Å². The van der Waals surface area contributed by atoms with Crippen LogP contribution in [0.3, 0.4) is 0 Å². The van der Waals surface area contributed by atoms with Gasteiger partial charge in [0.05, 0.1) is 11.8 Å². The predicted molar refractivity (Wildman–Crippen MR) is 62.6 cm³/mol. The fourth-order valence-electron chi connectivity index (χ4n) is 1.22. The quantitative estimate of drug-likeness (QED) is 0.580. The fraction of sp³-hybridized carbons (Fsp3) is 0.333. The second-order valence-corrected chi connectivity index (χ2v) is 4.38. The second-order valence-electron chi connectivity index (χ2n) is 3.30. The highest BCUT2D eigenvalue weighted by Gasteiger charge is 2.06. The van der Waals surface area contributed by atoms with Crippen LogP contribution in [0.2, 0.25) is 0 Å². The molecule has 2 rings (SSSR count). The number of nitrogens with zero attached hydrogens (tertiary/aromatic N) is 4. The average molecular weight is 252 g/mol. The van der Waals surface area contributed by atoms with Crippen LogP contribution in [-0.4, -0.2) is 43.2 Å². The normalized spacial score (nSPS) is 10.4. The van der Waals surface area contributed by atoms with E-state index in [1.54, 1.807) is 24.1 Å². The molecule has 17 heavy (non-hydrogen) atoms. The zero-order valence-electron chi connectivity index (χ0n) is 9.25. The number of aromatic nitrogens is 5. The van der Waals surface area contributed by atoms with Crippen LogP contribution in [0, 0.1) is 0 Å². The van der Waals surface area contributed by atoms with E-state index in [2.05, 4.69) is 25.6 Å². The van der Waals surface area contributed by atoms with E-state index < -0.39 is 0 Å². The van der Waals surface area contributed by atoms with Crippen LogP contribution in [-0.2, 0) is 7.05 Å². The van der Waals surface area contributed by atoms with Gasteiger partial charge in [-0.05, 0) is 0 Å². The number of aromatic amines is 1. The second kappa shape index (κ2) is 5.48. The van der Waals surface area contributed by atoms with E-state index >= 15 is 0 Å². The zero-order chi connectivity index (χ0) is 12.1. The number of thioether (sulfide) groups is 1. The third kappa shape index (κ3) is 3.31. The van der Waals surface area contributed by atoms with Crippen LogP contribution in [0.15, 0.2) is 23.9 Å². The molecule has 0 aromatic carbocycles. The number of amides is 1. The van der Waals surface area contributed by atoms with E-state index in [9.17, 15) is 4.79 Å². The molecule has 2 N–H and O–H groups in total. The minimum Gasteiger partial charge on any atom is -0.351 e. The van der Waals surface area contributed by atoms with Crippen molar-refractivity contribution in [2.45, 2.75) is 5.16 Å². The lowest BCUT2D eigenvalue weighted by Crippen LogP contribution is -2.25. The van der Waals surface area contributed by atoms with E-state index in [0.717, 1.165) is 10.9 Å². The highest BCUT2D eigenvalue weighted by atomic mass is 32.2. The van der Waals surface area contributed by atoms with Crippen molar-refractivity contribution in [2.24, 2.45) is 7.05 Å². The molecule has 0 atom stereocenters. The largest absolute Gasteiger partial charge is 0.351 e. The van der Waals surface area contributed by atoms with Crippen molar-refractivity contribution in [2.75, 3.05) is 12.3 Å². The number of nitrogens with one attached hydrogen (secondary N) is 2. The van der Waals surface area contributed by atoms with Gasteiger partial charge in [-0.2, -0.15) is 10.2 Å². The van der Waals surface area contributed by atoms with Crippen molar-refractivity contribution in [3.05, 3.63) is 24.3 Å². The fourth-order valence-corrected chi connectivity index (χ4v) is 1.85. The van der Waals surface area contributed by atoms with Crippen LogP contribution >= 0.6 is 11.8 Å². The number of carbonyl (C=O) groups excluding carboxylic acids is 1. The summed E-state index contributed by atoms with van der Waals surface area (Å²) in [5, 5.41) is 14.0. The molecule has 2 aromatic heterocycles. The van der Waals surface area contributed by atoms with Crippen LogP contribution < -0.4 is 5.32 Å². The minimum atomic E-state index is -0.115. The van der Waals surface area contributed by atoms with Gasteiger partial charge in [-0.1, -0.05) is 11.8 Å². The lowest BCUT2D eigenvalue weighted by molar-refractivity contribution is 0.0956. The van der Waals surface area contributed by atoms with Gasteiger partial charge in [0.15, 0.2) is 5.16 Å². The maximum absolute atomic E-state index is 11.6. The van der Waals surface area contributed by atoms with Crippen molar-refractivity contribution >= 4 is 17.7 Å². The monoisotopic (exact) mass is 252 g/mol. The molecule has 90 valence electrons. The van der Waals surface area contributed by atoms with E-state index in [-0.39, 0.29) is 5.91 Å². The molecule has 0 aliphatic heterocycles. The van der Waals surface area contributed by atoms with Crippen molar-refractivity contribution in [3.8, 4) is 0 Å². The number of rotatable bonds is 5. The Bertz CT molecular complexity index is 479. The Labute approximate surface area is 102 Å². The Morgan fingerprint density at radius 3 is 3.18 bits per heavy atom. The standard InChI is InChI=1S/C9H12N6OS/c1-15-5-7(4-13-15)8(16)10-2-3-17-9-11-6-12-14-9/h4-6H,2-3H2,1H3,(H,10,16)(H,11,12,14). The summed E-state index contributed by atoms with van der Waals surface area (Å²) in [5.74, 6) is 0.623. The Hall–Kier alpha value is -1.83. The van der Waals surface area contributed by atoms with Gasteiger partial charge < -0.3 is 5.32 Å². The summed E-state index contributed by atoms with van der Waals surface area (Å²) >= 11 is 1.50. The molecule has 7 nitrogen and oxygen atoms in total. The first kappa shape index (κ1) is 11.6. The lowest BCUT2D eigenvalue weighted by atomic mass is 10.3. The van der Waals surface area contributed by atoms with Crippen molar-refractivity contribution in [1.82, 2.24) is 30.3 Å². The summed E-state index contributed by atoms with van der Waals surface area (Å²) in [5.41, 5.74) is 0.567. The van der Waals surface area contributed by atoms with Gasteiger partial charge in [0.1, 0.15) is 6.33 Å². The molecule has 0 saturated heterocycles. The van der Waals surface area contributed by atoms with Gasteiger partial charge in [-0.3, -0.25) is 14.6 Å². The molecule has 0 unspecified atom stereocenters. The predicted octanol–water partition coefficient (Wildman–Crippen LogP) is 0.0603. The number of aryl methyl sites for hydroxylation is 1. The first-order valence-electron chi connectivity index (χ1n) is 5.01. The van der Waals surface area contributed by atoms with Crippen LogP contribution in [0.25, 0.3) is 0 Å². The SMILES string of the molecule is Cn1cc(C(=O)NCCSc2ncn[nH]2)cn1. The molecule has 0 spiro atoms. The van der Waals surface area contributed by atoms with E-state index in [1.807, 2.05) is 0 Å². The molecule has 0 radical (unpaired) electrons. The van der Waals surface area contributed by atoms with Gasteiger partial charge in [0.2, 0.25) is 0 Å². The van der Waals surface area contributed by atoms with Crippen molar-refractivity contribution in [3.63, 3.8) is 0 Å². The summed E-state index contributed by atoms with van der Waals surface area (Å²) in [6.45, 7) is 0.569. The number of H-pyrrole nitrogens is 1. The molecule has 0 bridgehead atoms. The Morgan fingerprint density at radius 2 is 2.53 bits per heavy atom. The van der Waals surface area contributed by atoms with E-state index in [1.165, 1.54) is 18.1 Å². The third-order valence-electron chi connectivity index (χ3n) is 1.99. The number of hydrogen-bond acceptors (Lipinski definition) is 5. The molecule has 8 heteroatoms. The smallest absolute Gasteiger partial charge is 0.254 e. The van der Waals surface area contributed by atoms with Crippen LogP contribution in [0.5, 0.6) is 0 Å². The molecule has 1 amide bonds. The van der Waals surface area contributed by atoms with Gasteiger partial charge in [0.25, 0.3) is 5.91 Å². The summed E-state index contributed by atoms with van der Waals surface area (Å²) in [6.07, 6.45) is 4.68. The van der Waals surface area contributed by atoms with Crippen molar-refractivity contribution in [1.29, 1.82) is 0 Å². The Balaban J connectivity index is 1.70. The zero-order valence-corrected chi connectivity index (χ0v) is 10.1. The first-order chi connectivity index (χ1) is 8.25. The highest BCUT2D eigenvalue weighted by molar-refractivity contribution is 7.99. The summed E-state index contributed by atoms with van der Waals surface area (Å²) in [7, 11) is 1.77. The molecule has 0 aliphatic carbocycles. The van der Waals surface area contributed by atoms with Gasteiger partial charge in [0, 0.05) is 25.5 Å².